The van der Waals surface area contributed by atoms with Crippen LogP contribution in [0.2, 0.25) is 0 Å². The van der Waals surface area contributed by atoms with E-state index in [4.69, 9.17) is 19.9 Å². The number of nitrogens with one attached hydrogen (secondary N) is 1. The standard InChI is InChI=1S/C21H21N9O4S/c1-29(20-22-9-13(10-23-20)19(31)28-33)11-14-6-15-16(35-14)18(30-2-4-34-5-3-30)27-17(26-15)12-7-24-21(32)25-8-12/h6-10,33H,2-5,11H2,1H3,(H,28,31)(H,24,25,32). The van der Waals surface area contributed by atoms with E-state index < -0.39 is 5.91 Å². The summed E-state index contributed by atoms with van der Waals surface area (Å²) < 4.78 is 6.46. The number of aromatic nitrogens is 6. The number of anilines is 2. The van der Waals surface area contributed by atoms with Crippen molar-refractivity contribution in [1.29, 1.82) is 0 Å². The summed E-state index contributed by atoms with van der Waals surface area (Å²) in [7, 11) is 1.85. The molecule has 13 nitrogen and oxygen atoms in total. The van der Waals surface area contributed by atoms with Gasteiger partial charge in [-0.25, -0.2) is 35.4 Å². The van der Waals surface area contributed by atoms with Crippen LogP contribution in [-0.2, 0) is 11.3 Å². The van der Waals surface area contributed by atoms with Crippen LogP contribution in [0, 0.1) is 0 Å². The highest BCUT2D eigenvalue weighted by atomic mass is 32.1. The maximum atomic E-state index is 11.5. The summed E-state index contributed by atoms with van der Waals surface area (Å²) in [6, 6.07) is 1.69. The zero-order chi connectivity index (χ0) is 24.4. The molecule has 0 bridgehead atoms. The molecule has 0 unspecified atom stereocenters. The van der Waals surface area contributed by atoms with Crippen LogP contribution in [-0.4, -0.2) is 79.5 Å². The van der Waals surface area contributed by atoms with Crippen LogP contribution >= 0.6 is 11.3 Å². The SMILES string of the molecule is CN(Cc1cc2nc(-c3cnc(O)nc3)nc(N3CCOCC3)c2s1)c1ncc(C(=O)NO)cn1. The molecule has 0 aromatic carbocycles. The number of hydroxylamine groups is 1. The summed E-state index contributed by atoms with van der Waals surface area (Å²) in [5, 5.41) is 18.2. The number of morpholine rings is 1. The fraction of sp³-hybridized carbons (Fsp3) is 0.286. The molecule has 1 amide bonds. The van der Waals surface area contributed by atoms with Crippen molar-refractivity contribution in [2.75, 3.05) is 43.2 Å². The van der Waals surface area contributed by atoms with Gasteiger partial charge in [0.2, 0.25) is 5.95 Å². The van der Waals surface area contributed by atoms with Crippen molar-refractivity contribution >= 4 is 39.2 Å². The molecule has 3 N–H and O–H groups in total. The number of carbonyl (C=O) groups excluding carboxylic acids is 1. The first-order valence-corrected chi connectivity index (χ1v) is 11.5. The van der Waals surface area contributed by atoms with Gasteiger partial charge in [-0.15, -0.1) is 11.3 Å². The van der Waals surface area contributed by atoms with Crippen molar-refractivity contribution in [2.24, 2.45) is 0 Å². The summed E-state index contributed by atoms with van der Waals surface area (Å²) >= 11 is 1.59. The van der Waals surface area contributed by atoms with Crippen LogP contribution in [0.3, 0.4) is 0 Å². The van der Waals surface area contributed by atoms with E-state index in [0.29, 0.717) is 50.2 Å². The second kappa shape index (κ2) is 9.69. The van der Waals surface area contributed by atoms with Crippen LogP contribution in [0.25, 0.3) is 21.6 Å². The van der Waals surface area contributed by atoms with Gasteiger partial charge in [0.15, 0.2) is 11.6 Å². The Morgan fingerprint density at radius 2 is 1.86 bits per heavy atom. The molecule has 1 aliphatic heterocycles. The van der Waals surface area contributed by atoms with Crippen molar-refractivity contribution in [3.8, 4) is 17.4 Å². The van der Waals surface area contributed by atoms with Crippen LogP contribution in [0.15, 0.2) is 30.9 Å². The summed E-state index contributed by atoms with van der Waals surface area (Å²) in [6.07, 6.45) is 5.68. The number of aromatic hydroxyl groups is 1. The molecule has 1 saturated heterocycles. The highest BCUT2D eigenvalue weighted by Gasteiger charge is 2.21. The minimum Gasteiger partial charge on any atom is -0.479 e. The van der Waals surface area contributed by atoms with Gasteiger partial charge in [0.05, 0.1) is 41.1 Å². The van der Waals surface area contributed by atoms with Crippen molar-refractivity contribution in [1.82, 2.24) is 35.4 Å². The number of nitrogens with zero attached hydrogens (tertiary/aromatic N) is 8. The molecular weight excluding hydrogens is 474 g/mol. The molecule has 1 aliphatic rings. The lowest BCUT2D eigenvalue weighted by atomic mass is 10.3. The molecule has 0 aliphatic carbocycles. The van der Waals surface area contributed by atoms with E-state index in [9.17, 15) is 9.90 Å². The van der Waals surface area contributed by atoms with Gasteiger partial charge < -0.3 is 19.6 Å². The molecule has 14 heteroatoms. The molecule has 0 radical (unpaired) electrons. The Bertz CT molecular complexity index is 1340. The highest BCUT2D eigenvalue weighted by Crippen LogP contribution is 2.35. The summed E-state index contributed by atoms with van der Waals surface area (Å²) in [6.45, 7) is 3.17. The summed E-state index contributed by atoms with van der Waals surface area (Å²) in [5.41, 5.74) is 3.10. The van der Waals surface area contributed by atoms with Gasteiger partial charge in [-0.05, 0) is 6.07 Å². The molecule has 4 aromatic rings. The predicted molar refractivity (Wildman–Crippen MR) is 127 cm³/mol. The first kappa shape index (κ1) is 22.8. The van der Waals surface area contributed by atoms with Gasteiger partial charge in [0.25, 0.3) is 5.91 Å². The summed E-state index contributed by atoms with van der Waals surface area (Å²) in [4.78, 5) is 42.2. The molecule has 1 fully saturated rings. The largest absolute Gasteiger partial charge is 0.479 e. The van der Waals surface area contributed by atoms with Gasteiger partial charge in [0, 0.05) is 49.8 Å². The Hall–Kier alpha value is -4.01. The first-order chi connectivity index (χ1) is 17.0. The maximum Gasteiger partial charge on any atom is 0.313 e. The lowest BCUT2D eigenvalue weighted by Crippen LogP contribution is -2.36. The second-order valence-corrected chi connectivity index (χ2v) is 8.87. The van der Waals surface area contributed by atoms with Gasteiger partial charge in [-0.1, -0.05) is 0 Å². The molecular formula is C21H21N9O4S. The van der Waals surface area contributed by atoms with Crippen molar-refractivity contribution < 1.29 is 19.8 Å². The number of fused-ring (bicyclic) bond motifs is 1. The first-order valence-electron chi connectivity index (χ1n) is 10.6. The number of carbonyl (C=O) groups is 1. The van der Waals surface area contributed by atoms with E-state index >= 15 is 0 Å². The number of hydrogen-bond donors (Lipinski definition) is 3. The smallest absolute Gasteiger partial charge is 0.313 e. The van der Waals surface area contributed by atoms with Gasteiger partial charge in [-0.3, -0.25) is 10.0 Å². The van der Waals surface area contributed by atoms with E-state index in [0.717, 1.165) is 20.9 Å². The Morgan fingerprint density at radius 3 is 2.54 bits per heavy atom. The Morgan fingerprint density at radius 1 is 1.14 bits per heavy atom. The lowest BCUT2D eigenvalue weighted by molar-refractivity contribution is 0.0705. The molecule has 4 aromatic heterocycles. The van der Waals surface area contributed by atoms with Gasteiger partial charge >= 0.3 is 6.01 Å². The maximum absolute atomic E-state index is 11.5. The van der Waals surface area contributed by atoms with Crippen molar-refractivity contribution in [3.63, 3.8) is 0 Å². The zero-order valence-electron chi connectivity index (χ0n) is 18.6. The molecule has 0 spiro atoms. The molecule has 5 rings (SSSR count). The topological polar surface area (TPSA) is 163 Å². The number of rotatable bonds is 6. The monoisotopic (exact) mass is 495 g/mol. The number of ether oxygens (including phenoxy) is 1. The Kier molecular flexibility index (Phi) is 6.31. The van der Waals surface area contributed by atoms with Crippen molar-refractivity contribution in [3.05, 3.63) is 41.3 Å². The third kappa shape index (κ3) is 4.80. The Labute approximate surface area is 203 Å². The van der Waals surface area contributed by atoms with E-state index in [2.05, 4.69) is 24.8 Å². The molecule has 0 atom stereocenters. The third-order valence-corrected chi connectivity index (χ3v) is 6.45. The Balaban J connectivity index is 1.47. The van der Waals surface area contributed by atoms with Crippen molar-refractivity contribution in [2.45, 2.75) is 6.54 Å². The fourth-order valence-corrected chi connectivity index (χ4v) is 4.77. The van der Waals surface area contributed by atoms with E-state index in [1.54, 1.807) is 16.8 Å². The van der Waals surface area contributed by atoms with E-state index in [1.165, 1.54) is 24.8 Å². The lowest BCUT2D eigenvalue weighted by Gasteiger charge is -2.28. The number of hydrogen-bond acceptors (Lipinski definition) is 13. The second-order valence-electron chi connectivity index (χ2n) is 7.74. The van der Waals surface area contributed by atoms with Crippen LogP contribution in [0.4, 0.5) is 11.8 Å². The molecule has 5 heterocycles. The summed E-state index contributed by atoms with van der Waals surface area (Å²) in [5.74, 6) is 1.04. The number of thiophene rings is 1. The van der Waals surface area contributed by atoms with E-state index in [-0.39, 0.29) is 11.6 Å². The average molecular weight is 496 g/mol. The average Bonchev–Trinajstić information content (AvgIpc) is 3.31. The van der Waals surface area contributed by atoms with Crippen LogP contribution in [0.1, 0.15) is 15.2 Å². The van der Waals surface area contributed by atoms with Gasteiger partial charge in [0.1, 0.15) is 0 Å². The molecule has 180 valence electrons. The highest BCUT2D eigenvalue weighted by molar-refractivity contribution is 7.19. The zero-order valence-corrected chi connectivity index (χ0v) is 19.4. The minimum atomic E-state index is -0.673. The molecule has 0 saturated carbocycles. The third-order valence-electron chi connectivity index (χ3n) is 5.35. The quantitative estimate of drug-likeness (QED) is 0.259. The normalized spacial score (nSPS) is 13.7. The van der Waals surface area contributed by atoms with Gasteiger partial charge in [-0.2, -0.15) is 0 Å². The number of amides is 1. The van der Waals surface area contributed by atoms with Crippen LogP contribution < -0.4 is 15.3 Å². The van der Waals surface area contributed by atoms with Crippen LogP contribution in [0.5, 0.6) is 6.01 Å². The fourth-order valence-electron chi connectivity index (χ4n) is 3.60. The minimum absolute atomic E-state index is 0.155. The predicted octanol–water partition coefficient (Wildman–Crippen LogP) is 1.24. The van der Waals surface area contributed by atoms with E-state index in [1.807, 2.05) is 18.0 Å². The molecule has 35 heavy (non-hydrogen) atoms.